The van der Waals surface area contributed by atoms with Crippen molar-refractivity contribution >= 4 is 17.7 Å². The van der Waals surface area contributed by atoms with Gasteiger partial charge >= 0.3 is 6.09 Å². The molecule has 3 atom stereocenters. The van der Waals surface area contributed by atoms with E-state index in [2.05, 4.69) is 4.98 Å². The first kappa shape index (κ1) is 30.8. The molecule has 3 heterocycles. The summed E-state index contributed by atoms with van der Waals surface area (Å²) in [5.41, 5.74) is 0.513. The Morgan fingerprint density at radius 2 is 1.88 bits per heavy atom. The summed E-state index contributed by atoms with van der Waals surface area (Å²) in [6, 6.07) is 4.58. The number of pyridine rings is 1. The minimum Gasteiger partial charge on any atom is -0.444 e. The molecule has 1 saturated heterocycles. The first-order chi connectivity index (χ1) is 19.1. The van der Waals surface area contributed by atoms with E-state index in [1.165, 1.54) is 17.0 Å². The van der Waals surface area contributed by atoms with Crippen LogP contribution in [0.15, 0.2) is 30.5 Å². The Hall–Kier alpha value is -3.15. The van der Waals surface area contributed by atoms with Crippen LogP contribution < -0.4 is 4.90 Å². The topological polar surface area (TPSA) is 95.4 Å². The van der Waals surface area contributed by atoms with E-state index in [0.29, 0.717) is 36.6 Å². The molecule has 1 N–H and O–H groups in total. The number of hydrogen-bond acceptors (Lipinski definition) is 7. The maximum Gasteiger partial charge on any atom is 0.410 e. The fraction of sp³-hybridized carbons (Fsp3) is 0.567. The lowest BCUT2D eigenvalue weighted by atomic mass is 9.86. The minimum absolute atomic E-state index is 0.0165. The van der Waals surface area contributed by atoms with Gasteiger partial charge in [-0.1, -0.05) is 19.9 Å². The number of benzene rings is 1. The molecule has 1 aromatic heterocycles. The lowest BCUT2D eigenvalue weighted by Crippen LogP contribution is -2.62. The molecule has 11 heteroatoms. The van der Waals surface area contributed by atoms with Crippen LogP contribution in [0.2, 0.25) is 0 Å². The van der Waals surface area contributed by atoms with Crippen LogP contribution in [0, 0.1) is 11.6 Å². The molecule has 0 unspecified atom stereocenters. The van der Waals surface area contributed by atoms with Crippen LogP contribution in [0.4, 0.5) is 19.3 Å². The maximum atomic E-state index is 14.3. The summed E-state index contributed by atoms with van der Waals surface area (Å²) in [6.45, 7) is 12.0. The second-order valence-electron chi connectivity index (χ2n) is 12.5. The van der Waals surface area contributed by atoms with E-state index >= 15 is 0 Å². The number of hydrogen-bond donors (Lipinski definition) is 1. The molecule has 0 bridgehead atoms. The third-order valence-corrected chi connectivity index (χ3v) is 7.72. The number of carbonyl (C=O) groups excluding carboxylic acids is 2. The molecule has 0 radical (unpaired) electrons. The summed E-state index contributed by atoms with van der Waals surface area (Å²) < 4.78 is 38.7. The number of aliphatic hydroxyl groups is 1. The minimum atomic E-state index is -1.15. The average Bonchev–Trinajstić information content (AvgIpc) is 3.06. The zero-order chi connectivity index (χ0) is 30.3. The van der Waals surface area contributed by atoms with Crippen molar-refractivity contribution in [1.29, 1.82) is 0 Å². The lowest BCUT2D eigenvalue weighted by Gasteiger charge is -2.45. The summed E-state index contributed by atoms with van der Waals surface area (Å²) in [7, 11) is 1.57. The molecule has 1 fully saturated rings. The standard InChI is InChI=1S/C30H40F2N4O5/c1-18-14-34(22(17-40-7)15-35(18)28(39)41-29(2,3)4)16-26(37)36-25-12-21(10-19-8-9-20(31)11-24(19)32)33-13-23(25)30(5,6)27(36)38/h8-9,11-13,18,22,27,38H,10,14-17H2,1-7H3/t18-,22-,27-/m1/s1. The van der Waals surface area contributed by atoms with Crippen molar-refractivity contribution in [2.24, 2.45) is 0 Å². The Labute approximate surface area is 240 Å². The van der Waals surface area contributed by atoms with E-state index in [9.17, 15) is 23.5 Å². The van der Waals surface area contributed by atoms with Crippen molar-refractivity contribution in [3.8, 4) is 0 Å². The van der Waals surface area contributed by atoms with Crippen molar-refractivity contribution in [2.45, 2.75) is 77.3 Å². The van der Waals surface area contributed by atoms with Crippen molar-refractivity contribution in [3.05, 3.63) is 58.9 Å². The van der Waals surface area contributed by atoms with Gasteiger partial charge in [-0.25, -0.2) is 13.6 Å². The van der Waals surface area contributed by atoms with Gasteiger partial charge in [0.15, 0.2) is 0 Å². The van der Waals surface area contributed by atoms with E-state index in [-0.39, 0.29) is 36.5 Å². The summed E-state index contributed by atoms with van der Waals surface area (Å²) in [4.78, 5) is 36.2. The van der Waals surface area contributed by atoms with Gasteiger partial charge in [0.2, 0.25) is 5.91 Å². The van der Waals surface area contributed by atoms with E-state index in [0.717, 1.165) is 6.07 Å². The predicted octanol–water partition coefficient (Wildman–Crippen LogP) is 3.85. The lowest BCUT2D eigenvalue weighted by molar-refractivity contribution is -0.124. The van der Waals surface area contributed by atoms with Crippen LogP contribution in [0.5, 0.6) is 0 Å². The van der Waals surface area contributed by atoms with E-state index in [1.54, 1.807) is 24.3 Å². The van der Waals surface area contributed by atoms with Gasteiger partial charge in [0.25, 0.3) is 0 Å². The van der Waals surface area contributed by atoms with Crippen molar-refractivity contribution in [1.82, 2.24) is 14.8 Å². The third kappa shape index (κ3) is 6.52. The maximum absolute atomic E-state index is 14.3. The van der Waals surface area contributed by atoms with E-state index in [1.807, 2.05) is 46.4 Å². The van der Waals surface area contributed by atoms with Crippen LogP contribution in [0.25, 0.3) is 0 Å². The van der Waals surface area contributed by atoms with Gasteiger partial charge in [0.05, 0.1) is 24.9 Å². The quantitative estimate of drug-likeness (QED) is 0.560. The molecule has 0 saturated carbocycles. The molecule has 224 valence electrons. The molecule has 0 aliphatic carbocycles. The number of rotatable bonds is 6. The molecule has 2 aromatic rings. The molecule has 9 nitrogen and oxygen atoms in total. The second-order valence-corrected chi connectivity index (χ2v) is 12.5. The summed E-state index contributed by atoms with van der Waals surface area (Å²) in [5, 5.41) is 11.3. The number of methoxy groups -OCH3 is 1. The van der Waals surface area contributed by atoms with Gasteiger partial charge < -0.3 is 19.5 Å². The molecule has 2 aliphatic rings. The number of anilines is 1. The van der Waals surface area contributed by atoms with Crippen molar-refractivity contribution in [2.75, 3.05) is 38.3 Å². The highest BCUT2D eigenvalue weighted by Crippen LogP contribution is 2.44. The Morgan fingerprint density at radius 1 is 1.17 bits per heavy atom. The fourth-order valence-electron chi connectivity index (χ4n) is 5.48. The van der Waals surface area contributed by atoms with Crippen molar-refractivity contribution < 1.29 is 33.0 Å². The predicted molar refractivity (Wildman–Crippen MR) is 150 cm³/mol. The zero-order valence-corrected chi connectivity index (χ0v) is 24.8. The number of amides is 2. The van der Waals surface area contributed by atoms with E-state index < -0.39 is 35.0 Å². The molecular weight excluding hydrogens is 534 g/mol. The molecular formula is C30H40F2N4O5. The van der Waals surface area contributed by atoms with Gasteiger partial charge in [-0.05, 0) is 45.4 Å². The smallest absolute Gasteiger partial charge is 0.410 e. The number of ether oxygens (including phenoxy) is 2. The SMILES string of the molecule is COC[C@H]1CN(C(=O)OC(C)(C)C)[C@H](C)CN1CC(=O)N1c2cc(Cc3ccc(F)cc3F)ncc2C(C)(C)[C@H]1O. The normalized spacial score (nSPS) is 22.5. The fourth-order valence-corrected chi connectivity index (χ4v) is 5.48. The molecule has 0 spiro atoms. The summed E-state index contributed by atoms with van der Waals surface area (Å²) >= 11 is 0. The number of aromatic nitrogens is 1. The van der Waals surface area contributed by atoms with Crippen molar-refractivity contribution in [3.63, 3.8) is 0 Å². The second kappa shape index (κ2) is 11.6. The highest BCUT2D eigenvalue weighted by Gasteiger charge is 2.48. The molecule has 2 aliphatic heterocycles. The highest BCUT2D eigenvalue weighted by atomic mass is 19.1. The van der Waals surface area contributed by atoms with Crippen LogP contribution >= 0.6 is 0 Å². The van der Waals surface area contributed by atoms with Crippen LogP contribution in [0.1, 0.15) is 58.4 Å². The van der Waals surface area contributed by atoms with Crippen LogP contribution in [-0.2, 0) is 26.1 Å². The zero-order valence-electron chi connectivity index (χ0n) is 24.8. The summed E-state index contributed by atoms with van der Waals surface area (Å²) in [5.74, 6) is -1.67. The Kier molecular flexibility index (Phi) is 8.73. The molecule has 41 heavy (non-hydrogen) atoms. The molecule has 1 aromatic carbocycles. The van der Waals surface area contributed by atoms with E-state index in [4.69, 9.17) is 9.47 Å². The first-order valence-electron chi connectivity index (χ1n) is 13.8. The number of nitrogens with zero attached hydrogens (tertiary/aromatic N) is 4. The number of piperazine rings is 1. The summed E-state index contributed by atoms with van der Waals surface area (Å²) in [6.07, 6.45) is 0.141. The van der Waals surface area contributed by atoms with Gasteiger partial charge in [-0.3, -0.25) is 19.6 Å². The number of halogens is 2. The first-order valence-corrected chi connectivity index (χ1v) is 13.8. The largest absolute Gasteiger partial charge is 0.444 e. The Balaban J connectivity index is 1.56. The number of fused-ring (bicyclic) bond motifs is 1. The Morgan fingerprint density at radius 3 is 2.51 bits per heavy atom. The van der Waals surface area contributed by atoms with Gasteiger partial charge in [-0.2, -0.15) is 0 Å². The van der Waals surface area contributed by atoms with Gasteiger partial charge in [-0.15, -0.1) is 0 Å². The van der Waals surface area contributed by atoms with Gasteiger partial charge in [0, 0.05) is 61.6 Å². The van der Waals surface area contributed by atoms with Crippen LogP contribution in [0.3, 0.4) is 0 Å². The number of aliphatic hydroxyl groups excluding tert-OH is 1. The molecule has 2 amide bonds. The highest BCUT2D eigenvalue weighted by molar-refractivity contribution is 5.98. The Bertz CT molecular complexity index is 1300. The average molecular weight is 575 g/mol. The number of carbonyl (C=O) groups is 2. The van der Waals surface area contributed by atoms with Gasteiger partial charge in [0.1, 0.15) is 23.5 Å². The third-order valence-electron chi connectivity index (χ3n) is 7.72. The van der Waals surface area contributed by atoms with Crippen LogP contribution in [-0.4, -0.2) is 89.2 Å². The monoisotopic (exact) mass is 574 g/mol. The molecule has 4 rings (SSSR count).